The molecule has 3 nitrogen and oxygen atoms in total. The molecular weight excluding hydrogens is 238 g/mol. The Hall–Kier alpha value is -1.35. The predicted molar refractivity (Wildman–Crippen MR) is 76.3 cm³/mol. The highest BCUT2D eigenvalue weighted by Crippen LogP contribution is 2.28. The van der Waals surface area contributed by atoms with Crippen LogP contribution in [0.2, 0.25) is 0 Å². The molecule has 0 saturated carbocycles. The van der Waals surface area contributed by atoms with Crippen LogP contribution in [0.3, 0.4) is 0 Å². The second-order valence-corrected chi connectivity index (χ2v) is 5.90. The second-order valence-electron chi connectivity index (χ2n) is 5.90. The third kappa shape index (κ3) is 3.35. The number of carbonyl (C=O) groups is 1. The molecule has 1 fully saturated rings. The van der Waals surface area contributed by atoms with Crippen LogP contribution in [0.5, 0.6) is 0 Å². The fraction of sp³-hybridized carbons (Fsp3) is 0.562. The first-order chi connectivity index (χ1) is 9.04. The number of rotatable bonds is 5. The number of nitrogens with zero attached hydrogens (tertiary/aromatic N) is 1. The van der Waals surface area contributed by atoms with E-state index in [2.05, 4.69) is 13.8 Å². The van der Waals surface area contributed by atoms with Crippen LogP contribution in [0.15, 0.2) is 24.3 Å². The lowest BCUT2D eigenvalue weighted by atomic mass is 9.88. The molecule has 1 saturated heterocycles. The lowest BCUT2D eigenvalue weighted by Gasteiger charge is -2.41. The van der Waals surface area contributed by atoms with E-state index in [1.807, 2.05) is 36.1 Å². The van der Waals surface area contributed by atoms with Gasteiger partial charge in [0.2, 0.25) is 0 Å². The van der Waals surface area contributed by atoms with Crippen molar-refractivity contribution in [2.45, 2.75) is 27.2 Å². The Bertz CT molecular complexity index is 435. The van der Waals surface area contributed by atoms with Crippen molar-refractivity contribution < 1.29 is 9.53 Å². The van der Waals surface area contributed by atoms with Gasteiger partial charge in [0.25, 0.3) is 5.91 Å². The highest BCUT2D eigenvalue weighted by Gasteiger charge is 2.36. The minimum absolute atomic E-state index is 0.134. The third-order valence-corrected chi connectivity index (χ3v) is 3.55. The Morgan fingerprint density at radius 3 is 2.42 bits per heavy atom. The van der Waals surface area contributed by atoms with E-state index in [0.717, 1.165) is 38.3 Å². The van der Waals surface area contributed by atoms with Crippen LogP contribution in [0.1, 0.15) is 36.2 Å². The fourth-order valence-electron chi connectivity index (χ4n) is 2.40. The van der Waals surface area contributed by atoms with Crippen molar-refractivity contribution in [2.75, 3.05) is 26.3 Å². The molecule has 0 atom stereocenters. The zero-order valence-corrected chi connectivity index (χ0v) is 12.1. The monoisotopic (exact) mass is 261 g/mol. The van der Waals surface area contributed by atoms with Gasteiger partial charge in [-0.2, -0.15) is 0 Å². The summed E-state index contributed by atoms with van der Waals surface area (Å²) in [5.74, 6) is 0.134. The van der Waals surface area contributed by atoms with Crippen molar-refractivity contribution in [3.05, 3.63) is 35.4 Å². The smallest absolute Gasteiger partial charge is 0.253 e. The van der Waals surface area contributed by atoms with Gasteiger partial charge in [-0.3, -0.25) is 4.79 Å². The van der Waals surface area contributed by atoms with Gasteiger partial charge in [0.05, 0.1) is 13.2 Å². The van der Waals surface area contributed by atoms with E-state index in [4.69, 9.17) is 4.74 Å². The maximum Gasteiger partial charge on any atom is 0.253 e. The first-order valence-electron chi connectivity index (χ1n) is 6.98. The zero-order valence-electron chi connectivity index (χ0n) is 12.1. The van der Waals surface area contributed by atoms with Crippen LogP contribution < -0.4 is 0 Å². The summed E-state index contributed by atoms with van der Waals surface area (Å²) >= 11 is 0. The van der Waals surface area contributed by atoms with Crippen molar-refractivity contribution >= 4 is 5.91 Å². The summed E-state index contributed by atoms with van der Waals surface area (Å²) in [4.78, 5) is 14.5. The predicted octanol–water partition coefficient (Wildman–Crippen LogP) is 2.88. The Balaban J connectivity index is 2.09. The average molecular weight is 261 g/mol. The van der Waals surface area contributed by atoms with E-state index in [9.17, 15) is 4.79 Å². The van der Waals surface area contributed by atoms with Gasteiger partial charge in [-0.1, -0.05) is 31.5 Å². The summed E-state index contributed by atoms with van der Waals surface area (Å²) in [6.07, 6.45) is 0.981. The Kier molecular flexibility index (Phi) is 4.25. The van der Waals surface area contributed by atoms with Crippen molar-refractivity contribution in [2.24, 2.45) is 5.41 Å². The normalized spacial score (nSPS) is 16.8. The molecule has 0 aromatic heterocycles. The standard InChI is InChI=1S/C16H23NO2/c1-4-9-17(10-16(3)11-19-12-16)15(18)14-7-5-13(2)6-8-14/h5-8H,4,9-12H2,1-3H3. The second kappa shape index (κ2) is 5.74. The topological polar surface area (TPSA) is 29.5 Å². The molecule has 1 aliphatic rings. The maximum absolute atomic E-state index is 12.5. The number of benzene rings is 1. The molecule has 0 spiro atoms. The molecule has 0 N–H and O–H groups in total. The van der Waals surface area contributed by atoms with Gasteiger partial charge in [-0.15, -0.1) is 0 Å². The highest BCUT2D eigenvalue weighted by molar-refractivity contribution is 5.94. The molecule has 1 aromatic carbocycles. The van der Waals surface area contributed by atoms with Gasteiger partial charge in [0.15, 0.2) is 0 Å². The van der Waals surface area contributed by atoms with Gasteiger partial charge in [0, 0.05) is 24.1 Å². The maximum atomic E-state index is 12.5. The number of hydrogen-bond donors (Lipinski definition) is 0. The number of carbonyl (C=O) groups excluding carboxylic acids is 1. The van der Waals surface area contributed by atoms with Crippen LogP contribution in [-0.2, 0) is 4.74 Å². The Morgan fingerprint density at radius 1 is 1.32 bits per heavy atom. The lowest BCUT2D eigenvalue weighted by molar-refractivity contribution is -0.111. The summed E-state index contributed by atoms with van der Waals surface area (Å²) in [5, 5.41) is 0. The van der Waals surface area contributed by atoms with Gasteiger partial charge in [-0.25, -0.2) is 0 Å². The van der Waals surface area contributed by atoms with Gasteiger partial charge < -0.3 is 9.64 Å². The van der Waals surface area contributed by atoms with Crippen LogP contribution in [0, 0.1) is 12.3 Å². The van der Waals surface area contributed by atoms with Crippen LogP contribution >= 0.6 is 0 Å². The molecule has 1 aliphatic heterocycles. The summed E-state index contributed by atoms with van der Waals surface area (Å²) < 4.78 is 5.28. The highest BCUT2D eigenvalue weighted by atomic mass is 16.5. The average Bonchev–Trinajstić information content (AvgIpc) is 2.36. The summed E-state index contributed by atoms with van der Waals surface area (Å²) in [6.45, 7) is 9.43. The molecule has 0 unspecified atom stereocenters. The summed E-state index contributed by atoms with van der Waals surface area (Å²) in [6, 6.07) is 7.82. The minimum Gasteiger partial charge on any atom is -0.380 e. The van der Waals surface area contributed by atoms with E-state index in [1.54, 1.807) is 0 Å². The van der Waals surface area contributed by atoms with Gasteiger partial charge >= 0.3 is 0 Å². The molecule has 19 heavy (non-hydrogen) atoms. The molecule has 1 heterocycles. The minimum atomic E-state index is 0.134. The number of ether oxygens (including phenoxy) is 1. The van der Waals surface area contributed by atoms with Gasteiger partial charge in [0.1, 0.15) is 0 Å². The van der Waals surface area contributed by atoms with Crippen molar-refractivity contribution in [3.8, 4) is 0 Å². The lowest BCUT2D eigenvalue weighted by Crippen LogP contribution is -2.50. The van der Waals surface area contributed by atoms with E-state index in [-0.39, 0.29) is 11.3 Å². The molecule has 2 rings (SSSR count). The largest absolute Gasteiger partial charge is 0.380 e. The Morgan fingerprint density at radius 2 is 1.95 bits per heavy atom. The number of amides is 1. The first kappa shape index (κ1) is 14.1. The zero-order chi connectivity index (χ0) is 13.9. The summed E-state index contributed by atoms with van der Waals surface area (Å²) in [7, 11) is 0. The molecule has 1 amide bonds. The van der Waals surface area contributed by atoms with E-state index < -0.39 is 0 Å². The number of aryl methyl sites for hydroxylation is 1. The molecule has 0 aliphatic carbocycles. The summed E-state index contributed by atoms with van der Waals surface area (Å²) in [5.41, 5.74) is 2.09. The quantitative estimate of drug-likeness (QED) is 0.815. The van der Waals surface area contributed by atoms with Crippen LogP contribution in [0.25, 0.3) is 0 Å². The van der Waals surface area contributed by atoms with Crippen molar-refractivity contribution in [3.63, 3.8) is 0 Å². The van der Waals surface area contributed by atoms with Crippen LogP contribution in [0.4, 0.5) is 0 Å². The molecule has 0 bridgehead atoms. The third-order valence-electron chi connectivity index (χ3n) is 3.55. The van der Waals surface area contributed by atoms with E-state index in [0.29, 0.717) is 0 Å². The molecular formula is C16H23NO2. The fourth-order valence-corrected chi connectivity index (χ4v) is 2.40. The van der Waals surface area contributed by atoms with Crippen molar-refractivity contribution in [1.29, 1.82) is 0 Å². The van der Waals surface area contributed by atoms with Crippen LogP contribution in [-0.4, -0.2) is 37.1 Å². The van der Waals surface area contributed by atoms with Gasteiger partial charge in [-0.05, 0) is 25.5 Å². The molecule has 0 radical (unpaired) electrons. The Labute approximate surface area is 115 Å². The molecule has 1 aromatic rings. The molecule has 104 valence electrons. The van der Waals surface area contributed by atoms with E-state index >= 15 is 0 Å². The van der Waals surface area contributed by atoms with E-state index in [1.165, 1.54) is 5.56 Å². The number of hydrogen-bond acceptors (Lipinski definition) is 2. The first-order valence-corrected chi connectivity index (χ1v) is 6.98. The molecule has 3 heteroatoms. The SMILES string of the molecule is CCCN(CC1(C)COC1)C(=O)c1ccc(C)cc1. The van der Waals surface area contributed by atoms with Crippen molar-refractivity contribution in [1.82, 2.24) is 4.90 Å².